The van der Waals surface area contributed by atoms with Gasteiger partial charge in [0.15, 0.2) is 0 Å². The second-order valence-corrected chi connectivity index (χ2v) is 8.69. The number of rotatable bonds is 11. The summed E-state index contributed by atoms with van der Waals surface area (Å²) in [6.07, 6.45) is 0.680. The first-order chi connectivity index (χ1) is 15.9. The Hall–Kier alpha value is -3.44. The number of aliphatic carboxylic acids is 1. The van der Waals surface area contributed by atoms with Crippen molar-refractivity contribution in [2.24, 2.45) is 11.7 Å². The van der Waals surface area contributed by atoms with Crippen molar-refractivity contribution in [3.63, 3.8) is 0 Å². The predicted octanol–water partition coefficient (Wildman–Crippen LogP) is -0.367. The van der Waals surface area contributed by atoms with E-state index in [0.29, 0.717) is 0 Å². The van der Waals surface area contributed by atoms with E-state index in [-0.39, 0.29) is 12.3 Å². The Morgan fingerprint density at radius 1 is 0.971 bits per heavy atom. The van der Waals surface area contributed by atoms with E-state index in [0.717, 1.165) is 16.5 Å². The van der Waals surface area contributed by atoms with Gasteiger partial charge in [-0.3, -0.25) is 14.4 Å². The molecule has 5 unspecified atom stereocenters. The molecule has 0 saturated carbocycles. The summed E-state index contributed by atoms with van der Waals surface area (Å²) in [5, 5.41) is 27.3. The van der Waals surface area contributed by atoms with Crippen LogP contribution in [0.1, 0.15) is 33.3 Å². The number of aromatic amines is 1. The quantitative estimate of drug-likeness (QED) is 0.231. The number of amides is 3. The van der Waals surface area contributed by atoms with Crippen molar-refractivity contribution in [1.82, 2.24) is 20.9 Å². The molecule has 11 nitrogen and oxygen atoms in total. The van der Waals surface area contributed by atoms with E-state index in [1.54, 1.807) is 20.0 Å². The van der Waals surface area contributed by atoms with Gasteiger partial charge < -0.3 is 36.9 Å². The van der Waals surface area contributed by atoms with Crippen LogP contribution in [0.3, 0.4) is 0 Å². The molecule has 1 heterocycles. The minimum absolute atomic E-state index is 0.0895. The minimum Gasteiger partial charge on any atom is -0.480 e. The molecule has 0 fully saturated rings. The van der Waals surface area contributed by atoms with Crippen molar-refractivity contribution in [1.29, 1.82) is 0 Å². The lowest BCUT2D eigenvalue weighted by molar-refractivity contribution is -0.143. The van der Waals surface area contributed by atoms with E-state index in [1.165, 1.54) is 13.8 Å². The third-order valence-corrected chi connectivity index (χ3v) is 5.54. The van der Waals surface area contributed by atoms with E-state index < -0.39 is 54.0 Å². The molecular formula is C23H33N5O6. The normalized spacial score (nSPS) is 15.7. The van der Waals surface area contributed by atoms with Crippen LogP contribution in [0, 0.1) is 5.92 Å². The fourth-order valence-electron chi connectivity index (χ4n) is 3.39. The summed E-state index contributed by atoms with van der Waals surface area (Å²) < 4.78 is 0. The van der Waals surface area contributed by atoms with Crippen molar-refractivity contribution in [2.75, 3.05) is 0 Å². The van der Waals surface area contributed by atoms with Crippen LogP contribution in [0.5, 0.6) is 0 Å². The topological polar surface area (TPSA) is 187 Å². The van der Waals surface area contributed by atoms with E-state index in [9.17, 15) is 29.4 Å². The van der Waals surface area contributed by atoms with Crippen LogP contribution >= 0.6 is 0 Å². The Bertz CT molecular complexity index is 1030. The number of para-hydroxylation sites is 1. The van der Waals surface area contributed by atoms with Gasteiger partial charge in [0.05, 0.1) is 6.10 Å². The smallest absolute Gasteiger partial charge is 0.326 e. The van der Waals surface area contributed by atoms with E-state index >= 15 is 0 Å². The summed E-state index contributed by atoms with van der Waals surface area (Å²) in [4.78, 5) is 52.5. The lowest BCUT2D eigenvalue weighted by Gasteiger charge is -2.24. The number of H-pyrrole nitrogens is 1. The summed E-state index contributed by atoms with van der Waals surface area (Å²) >= 11 is 0. The van der Waals surface area contributed by atoms with Crippen molar-refractivity contribution in [2.45, 2.75) is 64.4 Å². The second-order valence-electron chi connectivity index (χ2n) is 8.69. The molecular weight excluding hydrogens is 442 g/mol. The average molecular weight is 476 g/mol. The summed E-state index contributed by atoms with van der Waals surface area (Å²) in [6, 6.07) is 2.91. The molecule has 2 aromatic rings. The second kappa shape index (κ2) is 11.6. The van der Waals surface area contributed by atoms with Gasteiger partial charge in [0, 0.05) is 23.5 Å². The Morgan fingerprint density at radius 2 is 1.62 bits per heavy atom. The molecule has 11 heteroatoms. The van der Waals surface area contributed by atoms with Crippen molar-refractivity contribution >= 4 is 34.6 Å². The molecule has 2 rings (SSSR count). The first-order valence-electron chi connectivity index (χ1n) is 11.0. The Kier molecular flexibility index (Phi) is 9.16. The zero-order valence-corrected chi connectivity index (χ0v) is 19.7. The SMILES string of the molecule is CC(NC(=O)C(Cc1c[nH]c2ccccc12)NC(=O)C(N)C(C)O)C(=O)NC(C(=O)O)C(C)C. The van der Waals surface area contributed by atoms with E-state index in [1.807, 2.05) is 24.3 Å². The number of aliphatic hydroxyl groups excluding tert-OH is 1. The van der Waals surface area contributed by atoms with Crippen LogP contribution in [-0.4, -0.2) is 69.2 Å². The fraction of sp³-hybridized carbons (Fsp3) is 0.478. The fourth-order valence-corrected chi connectivity index (χ4v) is 3.39. The maximum absolute atomic E-state index is 13.1. The van der Waals surface area contributed by atoms with Gasteiger partial charge in [0.1, 0.15) is 24.2 Å². The van der Waals surface area contributed by atoms with Crippen LogP contribution in [0.2, 0.25) is 0 Å². The molecule has 0 aliphatic carbocycles. The van der Waals surface area contributed by atoms with Gasteiger partial charge in [-0.05, 0) is 31.4 Å². The lowest BCUT2D eigenvalue weighted by Crippen LogP contribution is -2.58. The molecule has 0 spiro atoms. The predicted molar refractivity (Wildman–Crippen MR) is 126 cm³/mol. The number of nitrogens with two attached hydrogens (primary N) is 1. The number of carbonyl (C=O) groups excluding carboxylic acids is 3. The highest BCUT2D eigenvalue weighted by Gasteiger charge is 2.30. The summed E-state index contributed by atoms with van der Waals surface area (Å²) in [5.74, 6) is -3.60. The third-order valence-electron chi connectivity index (χ3n) is 5.54. The molecule has 1 aromatic heterocycles. The standard InChI is InChI=1S/C23H33N5O6/c1-11(2)19(23(33)34)28-20(30)12(3)26-21(31)17(27-22(32)18(24)13(4)29)9-14-10-25-16-8-6-5-7-15(14)16/h5-8,10-13,17-19,25,29H,9,24H2,1-4H3,(H,26,31)(H,27,32)(H,28,30)(H,33,34). The van der Waals surface area contributed by atoms with Crippen LogP contribution < -0.4 is 21.7 Å². The zero-order valence-electron chi connectivity index (χ0n) is 19.7. The molecule has 186 valence electrons. The Labute approximate surface area is 197 Å². The monoisotopic (exact) mass is 475 g/mol. The molecule has 1 aromatic carbocycles. The number of nitrogens with one attached hydrogen (secondary N) is 4. The third kappa shape index (κ3) is 6.78. The van der Waals surface area contributed by atoms with E-state index in [2.05, 4.69) is 20.9 Å². The number of aromatic nitrogens is 1. The molecule has 3 amide bonds. The molecule has 8 N–H and O–H groups in total. The zero-order chi connectivity index (χ0) is 25.6. The lowest BCUT2D eigenvalue weighted by atomic mass is 10.0. The van der Waals surface area contributed by atoms with Crippen LogP contribution in [0.25, 0.3) is 10.9 Å². The van der Waals surface area contributed by atoms with Gasteiger partial charge in [0.2, 0.25) is 17.7 Å². The Balaban J connectivity index is 2.20. The summed E-state index contributed by atoms with van der Waals surface area (Å²) in [5.41, 5.74) is 7.32. The van der Waals surface area contributed by atoms with Gasteiger partial charge in [-0.25, -0.2) is 4.79 Å². The number of carbonyl (C=O) groups is 4. The van der Waals surface area contributed by atoms with Crippen LogP contribution in [-0.2, 0) is 25.6 Å². The van der Waals surface area contributed by atoms with E-state index in [4.69, 9.17) is 5.73 Å². The molecule has 34 heavy (non-hydrogen) atoms. The molecule has 5 atom stereocenters. The summed E-state index contributed by atoms with van der Waals surface area (Å²) in [6.45, 7) is 6.08. The van der Waals surface area contributed by atoms with Gasteiger partial charge >= 0.3 is 5.97 Å². The van der Waals surface area contributed by atoms with Crippen molar-refractivity contribution < 1.29 is 29.4 Å². The van der Waals surface area contributed by atoms with Gasteiger partial charge in [-0.2, -0.15) is 0 Å². The largest absolute Gasteiger partial charge is 0.480 e. The molecule has 0 aliphatic heterocycles. The highest BCUT2D eigenvalue weighted by atomic mass is 16.4. The first kappa shape index (κ1) is 26.8. The van der Waals surface area contributed by atoms with Crippen LogP contribution in [0.4, 0.5) is 0 Å². The molecule has 0 radical (unpaired) electrons. The van der Waals surface area contributed by atoms with Crippen LogP contribution in [0.15, 0.2) is 30.5 Å². The van der Waals surface area contributed by atoms with Gasteiger partial charge in [-0.15, -0.1) is 0 Å². The number of fused-ring (bicyclic) bond motifs is 1. The number of benzene rings is 1. The maximum Gasteiger partial charge on any atom is 0.326 e. The van der Waals surface area contributed by atoms with Crippen molar-refractivity contribution in [3.8, 4) is 0 Å². The molecule has 0 aliphatic rings. The highest BCUT2D eigenvalue weighted by Crippen LogP contribution is 2.19. The number of carboxylic acid groups (broad SMARTS) is 1. The summed E-state index contributed by atoms with van der Waals surface area (Å²) in [7, 11) is 0. The number of carboxylic acids is 1. The maximum atomic E-state index is 13.1. The highest BCUT2D eigenvalue weighted by molar-refractivity contribution is 5.94. The number of hydrogen-bond donors (Lipinski definition) is 7. The number of aliphatic hydroxyl groups is 1. The van der Waals surface area contributed by atoms with Crippen molar-refractivity contribution in [3.05, 3.63) is 36.0 Å². The minimum atomic E-state index is -1.25. The average Bonchev–Trinajstić information content (AvgIpc) is 3.18. The van der Waals surface area contributed by atoms with Gasteiger partial charge in [-0.1, -0.05) is 32.0 Å². The van der Waals surface area contributed by atoms with Gasteiger partial charge in [0.25, 0.3) is 0 Å². The molecule has 0 saturated heterocycles. The Morgan fingerprint density at radius 3 is 2.21 bits per heavy atom. The number of hydrogen-bond acceptors (Lipinski definition) is 6. The molecule has 0 bridgehead atoms. The first-order valence-corrected chi connectivity index (χ1v) is 11.0.